The van der Waals surface area contributed by atoms with Gasteiger partial charge >= 0.3 is 0 Å². The number of nitrogens with one attached hydrogen (secondary N) is 1. The molecule has 0 bridgehead atoms. The number of fused-ring (bicyclic) bond motifs is 1. The first kappa shape index (κ1) is 23.9. The van der Waals surface area contributed by atoms with Gasteiger partial charge in [0.25, 0.3) is 0 Å². The summed E-state index contributed by atoms with van der Waals surface area (Å²) >= 11 is 13.7. The van der Waals surface area contributed by atoms with Crippen molar-refractivity contribution in [3.8, 4) is 5.75 Å². The fraction of sp³-hybridized carbons (Fsp3) is 0.259. The second-order valence-corrected chi connectivity index (χ2v) is 11.6. The van der Waals surface area contributed by atoms with Crippen molar-refractivity contribution in [3.05, 3.63) is 85.3 Å². The fourth-order valence-corrected chi connectivity index (χ4v) is 6.63. The summed E-state index contributed by atoms with van der Waals surface area (Å²) < 4.78 is 5.33. The lowest BCUT2D eigenvalue weighted by Crippen LogP contribution is -2.33. The summed E-state index contributed by atoms with van der Waals surface area (Å²) in [6, 6.07) is 12.4. The maximum atomic E-state index is 13.5. The SMILES string of the molecule is COc1ccc([C@H]2C3=C(CC(C)(C)CC3=O)Nc3sc(C(=O)c4ccc(Cl)cc4Cl)c(N)c32)cc1. The average Bonchev–Trinajstić information content (AvgIpc) is 3.12. The Morgan fingerprint density at radius 2 is 1.86 bits per heavy atom. The van der Waals surface area contributed by atoms with E-state index in [0.29, 0.717) is 27.6 Å². The molecule has 2 aromatic carbocycles. The van der Waals surface area contributed by atoms with Gasteiger partial charge in [-0.1, -0.05) is 49.2 Å². The smallest absolute Gasteiger partial charge is 0.206 e. The van der Waals surface area contributed by atoms with Crippen LogP contribution < -0.4 is 15.8 Å². The van der Waals surface area contributed by atoms with E-state index in [9.17, 15) is 9.59 Å². The molecule has 3 N–H and O–H groups in total. The number of ketones is 2. The number of nitrogen functional groups attached to an aromatic ring is 1. The number of anilines is 2. The van der Waals surface area contributed by atoms with E-state index in [0.717, 1.165) is 39.6 Å². The molecule has 0 radical (unpaired) electrons. The van der Waals surface area contributed by atoms with Crippen molar-refractivity contribution in [1.82, 2.24) is 0 Å². The number of carbonyl (C=O) groups excluding carboxylic acids is 2. The van der Waals surface area contributed by atoms with Gasteiger partial charge in [-0.3, -0.25) is 9.59 Å². The molecule has 1 atom stereocenters. The standard InChI is InChI=1S/C27H24Cl2N2O3S/c1-27(2)11-18-21(19(32)12-27)20(13-4-7-15(34-3)8-5-13)22-23(30)25(35-26(22)31-18)24(33)16-9-6-14(28)10-17(16)29/h4-10,20,31H,11-12,30H2,1-3H3/t20-/m0/s1. The number of hydrogen-bond donors (Lipinski definition) is 2. The van der Waals surface area contributed by atoms with E-state index in [4.69, 9.17) is 33.7 Å². The van der Waals surface area contributed by atoms with Gasteiger partial charge in [-0.25, -0.2) is 0 Å². The minimum Gasteiger partial charge on any atom is -0.497 e. The van der Waals surface area contributed by atoms with Crippen molar-refractivity contribution in [3.63, 3.8) is 0 Å². The van der Waals surface area contributed by atoms with Gasteiger partial charge in [0.15, 0.2) is 5.78 Å². The number of hydrogen-bond acceptors (Lipinski definition) is 6. The molecule has 180 valence electrons. The van der Waals surface area contributed by atoms with Gasteiger partial charge in [-0.15, -0.1) is 11.3 Å². The van der Waals surface area contributed by atoms with Crippen LogP contribution in [0.4, 0.5) is 10.7 Å². The van der Waals surface area contributed by atoms with E-state index in [-0.39, 0.29) is 27.9 Å². The molecule has 2 aliphatic rings. The lowest BCUT2D eigenvalue weighted by atomic mass is 9.69. The van der Waals surface area contributed by atoms with Gasteiger partial charge < -0.3 is 15.8 Å². The molecule has 1 aliphatic heterocycles. The maximum Gasteiger partial charge on any atom is 0.206 e. The third-order valence-corrected chi connectivity index (χ3v) is 8.26. The van der Waals surface area contributed by atoms with Crippen LogP contribution >= 0.6 is 34.5 Å². The summed E-state index contributed by atoms with van der Waals surface area (Å²) in [6.07, 6.45) is 1.18. The molecule has 3 aromatic rings. The van der Waals surface area contributed by atoms with Crippen LogP contribution in [0.15, 0.2) is 53.7 Å². The largest absolute Gasteiger partial charge is 0.497 e. The minimum absolute atomic E-state index is 0.0921. The van der Waals surface area contributed by atoms with Crippen molar-refractivity contribution < 1.29 is 14.3 Å². The first-order chi connectivity index (χ1) is 16.6. The molecule has 8 heteroatoms. The van der Waals surface area contributed by atoms with Crippen LogP contribution in [-0.4, -0.2) is 18.7 Å². The lowest BCUT2D eigenvalue weighted by molar-refractivity contribution is -0.118. The maximum absolute atomic E-state index is 13.5. The molecule has 5 nitrogen and oxygen atoms in total. The Balaban J connectivity index is 1.68. The van der Waals surface area contributed by atoms with Gasteiger partial charge in [0.1, 0.15) is 10.6 Å². The predicted molar refractivity (Wildman–Crippen MR) is 142 cm³/mol. The highest BCUT2D eigenvalue weighted by Crippen LogP contribution is 2.54. The predicted octanol–water partition coefficient (Wildman–Crippen LogP) is 7.08. The molecule has 0 unspecified atom stereocenters. The highest BCUT2D eigenvalue weighted by Gasteiger charge is 2.43. The summed E-state index contributed by atoms with van der Waals surface area (Å²) in [5, 5.41) is 4.96. The molecule has 2 heterocycles. The summed E-state index contributed by atoms with van der Waals surface area (Å²) in [5.74, 6) is 0.159. The number of rotatable bonds is 4. The Bertz CT molecular complexity index is 1410. The van der Waals surface area contributed by atoms with Crippen molar-refractivity contribution in [2.45, 2.75) is 32.6 Å². The second kappa shape index (κ2) is 8.70. The molecule has 1 aromatic heterocycles. The third kappa shape index (κ3) is 4.14. The number of allylic oxidation sites excluding steroid dienone is 2. The topological polar surface area (TPSA) is 81.4 Å². The molecule has 0 fully saturated rings. The summed E-state index contributed by atoms with van der Waals surface area (Å²) in [6.45, 7) is 4.18. The van der Waals surface area contributed by atoms with Gasteiger partial charge in [-0.05, 0) is 47.7 Å². The molecule has 0 saturated carbocycles. The van der Waals surface area contributed by atoms with E-state index in [2.05, 4.69) is 19.2 Å². The second-order valence-electron chi connectivity index (χ2n) is 9.71. The first-order valence-electron chi connectivity index (χ1n) is 11.2. The van der Waals surface area contributed by atoms with Gasteiger partial charge in [0.2, 0.25) is 5.78 Å². The van der Waals surface area contributed by atoms with Crippen molar-refractivity contribution in [2.24, 2.45) is 5.41 Å². The molecule has 0 saturated heterocycles. The van der Waals surface area contributed by atoms with Crippen LogP contribution in [-0.2, 0) is 4.79 Å². The number of benzene rings is 2. The highest BCUT2D eigenvalue weighted by atomic mass is 35.5. The van der Waals surface area contributed by atoms with Gasteiger partial charge in [0, 0.05) is 39.8 Å². The molecule has 0 amide bonds. The van der Waals surface area contributed by atoms with E-state index < -0.39 is 0 Å². The number of methoxy groups -OCH3 is 1. The number of carbonyl (C=O) groups is 2. The van der Waals surface area contributed by atoms with E-state index in [1.807, 2.05) is 24.3 Å². The van der Waals surface area contributed by atoms with Crippen LogP contribution in [0.25, 0.3) is 0 Å². The molecule has 1 aliphatic carbocycles. The lowest BCUT2D eigenvalue weighted by Gasteiger charge is -2.38. The summed E-state index contributed by atoms with van der Waals surface area (Å²) in [7, 11) is 1.61. The summed E-state index contributed by atoms with van der Waals surface area (Å²) in [5.41, 5.74) is 10.5. The molecule has 5 rings (SSSR count). The number of Topliss-reactive ketones (excluding diaryl/α,β-unsaturated/α-hetero) is 1. The Morgan fingerprint density at radius 3 is 2.51 bits per heavy atom. The quantitative estimate of drug-likeness (QED) is 0.355. The zero-order chi connectivity index (χ0) is 25.1. The molecule has 35 heavy (non-hydrogen) atoms. The fourth-order valence-electron chi connectivity index (χ4n) is 4.99. The van der Waals surface area contributed by atoms with Gasteiger partial charge in [0.05, 0.1) is 22.8 Å². The molecular weight excluding hydrogens is 503 g/mol. The zero-order valence-electron chi connectivity index (χ0n) is 19.5. The average molecular weight is 527 g/mol. The number of thiophene rings is 1. The minimum atomic E-state index is -0.380. The Labute approximate surface area is 217 Å². The van der Waals surface area contributed by atoms with Crippen molar-refractivity contribution in [2.75, 3.05) is 18.2 Å². The van der Waals surface area contributed by atoms with E-state index in [1.54, 1.807) is 25.3 Å². The Morgan fingerprint density at radius 1 is 1.14 bits per heavy atom. The summed E-state index contributed by atoms with van der Waals surface area (Å²) in [4.78, 5) is 27.3. The number of nitrogens with two attached hydrogens (primary N) is 1. The number of halogens is 2. The first-order valence-corrected chi connectivity index (χ1v) is 12.8. The van der Waals surface area contributed by atoms with Crippen molar-refractivity contribution in [1.29, 1.82) is 0 Å². The molecule has 0 spiro atoms. The molecular formula is C27H24Cl2N2O3S. The number of ether oxygens (including phenoxy) is 1. The Kier molecular flexibility index (Phi) is 5.94. The van der Waals surface area contributed by atoms with Crippen LogP contribution in [0, 0.1) is 5.41 Å². The Hall–Kier alpha value is -2.80. The monoisotopic (exact) mass is 526 g/mol. The van der Waals surface area contributed by atoms with Crippen LogP contribution in [0.2, 0.25) is 10.0 Å². The van der Waals surface area contributed by atoms with Crippen LogP contribution in [0.5, 0.6) is 5.75 Å². The zero-order valence-corrected chi connectivity index (χ0v) is 21.8. The van der Waals surface area contributed by atoms with Crippen LogP contribution in [0.3, 0.4) is 0 Å². The van der Waals surface area contributed by atoms with Crippen molar-refractivity contribution >= 4 is 56.8 Å². The van der Waals surface area contributed by atoms with Gasteiger partial charge in [-0.2, -0.15) is 0 Å². The third-order valence-electron chi connectivity index (χ3n) is 6.58. The van der Waals surface area contributed by atoms with E-state index >= 15 is 0 Å². The normalized spacial score (nSPS) is 18.5. The van der Waals surface area contributed by atoms with E-state index in [1.165, 1.54) is 11.3 Å². The van der Waals surface area contributed by atoms with Crippen LogP contribution in [0.1, 0.15) is 59.0 Å². The highest BCUT2D eigenvalue weighted by molar-refractivity contribution is 7.19.